The molecule has 1 spiro atoms. The van der Waals surface area contributed by atoms with Crippen molar-refractivity contribution < 1.29 is 0 Å². The van der Waals surface area contributed by atoms with Gasteiger partial charge < -0.3 is 30.3 Å². The van der Waals surface area contributed by atoms with Crippen LogP contribution in [0.15, 0.2) is 24.7 Å². The molecule has 6 heterocycles. The minimum absolute atomic E-state index is 0.261. The summed E-state index contributed by atoms with van der Waals surface area (Å²) in [7, 11) is 2.25. The van der Waals surface area contributed by atoms with Crippen LogP contribution < -0.4 is 20.9 Å². The monoisotopic (exact) mass is 532 g/mol. The van der Waals surface area contributed by atoms with E-state index in [0.29, 0.717) is 12.0 Å². The number of aromatic nitrogens is 5. The van der Waals surface area contributed by atoms with Crippen LogP contribution in [0.25, 0.3) is 11.2 Å². The van der Waals surface area contributed by atoms with Crippen molar-refractivity contribution in [3.8, 4) is 0 Å². The quantitative estimate of drug-likeness (QED) is 0.492. The summed E-state index contributed by atoms with van der Waals surface area (Å²) in [6, 6.07) is 4.75. The third-order valence-electron chi connectivity index (χ3n) is 9.27. The third kappa shape index (κ3) is 5.41. The van der Waals surface area contributed by atoms with Crippen LogP contribution in [0.1, 0.15) is 64.0 Å². The van der Waals surface area contributed by atoms with Crippen molar-refractivity contribution in [2.45, 2.75) is 71.0 Å². The molecule has 210 valence electrons. The number of nitrogens with zero attached hydrogens (tertiary/aromatic N) is 8. The Bertz CT molecular complexity index is 1260. The maximum Gasteiger partial charge on any atom is 0.229 e. The predicted molar refractivity (Wildman–Crippen MR) is 157 cm³/mol. The first kappa shape index (κ1) is 26.3. The van der Waals surface area contributed by atoms with E-state index in [1.165, 1.54) is 44.3 Å². The summed E-state index contributed by atoms with van der Waals surface area (Å²) in [4.78, 5) is 26.8. The second-order valence-corrected chi connectivity index (χ2v) is 12.2. The molecule has 3 saturated heterocycles. The number of hydrogen-bond donors (Lipinski definition) is 2. The predicted octanol–water partition coefficient (Wildman–Crippen LogP) is 3.65. The van der Waals surface area contributed by atoms with Gasteiger partial charge in [-0.25, -0.2) is 9.97 Å². The van der Waals surface area contributed by atoms with Gasteiger partial charge in [0, 0.05) is 56.6 Å². The second-order valence-electron chi connectivity index (χ2n) is 12.2. The number of likely N-dealkylation sites (tertiary alicyclic amines) is 1. The molecule has 0 saturated carbocycles. The Morgan fingerprint density at radius 1 is 0.974 bits per heavy atom. The smallest absolute Gasteiger partial charge is 0.229 e. The van der Waals surface area contributed by atoms with Crippen LogP contribution in [0.5, 0.6) is 0 Å². The second kappa shape index (κ2) is 10.9. The molecule has 3 fully saturated rings. The van der Waals surface area contributed by atoms with Gasteiger partial charge in [-0.05, 0) is 84.0 Å². The number of hydrogen-bond acceptors (Lipinski definition) is 9. The van der Waals surface area contributed by atoms with E-state index in [4.69, 9.17) is 25.7 Å². The first-order valence-electron chi connectivity index (χ1n) is 14.8. The van der Waals surface area contributed by atoms with Gasteiger partial charge in [0.15, 0.2) is 17.0 Å². The van der Waals surface area contributed by atoms with E-state index in [1.807, 2.05) is 18.6 Å². The zero-order chi connectivity index (χ0) is 27.0. The van der Waals surface area contributed by atoms with Gasteiger partial charge in [0.25, 0.3) is 0 Å². The minimum atomic E-state index is 0.261. The van der Waals surface area contributed by atoms with Crippen molar-refractivity contribution in [1.29, 1.82) is 0 Å². The molecule has 0 radical (unpaired) electrons. The lowest BCUT2D eigenvalue weighted by atomic mass is 9.71. The molecule has 3 aliphatic heterocycles. The highest BCUT2D eigenvalue weighted by atomic mass is 15.3. The molecule has 0 bridgehead atoms. The molecule has 0 unspecified atom stereocenters. The Balaban J connectivity index is 1.22. The van der Waals surface area contributed by atoms with Crippen molar-refractivity contribution in [3.63, 3.8) is 0 Å². The van der Waals surface area contributed by atoms with Crippen molar-refractivity contribution >= 4 is 28.7 Å². The number of nitrogens with one attached hydrogen (secondary N) is 1. The first-order valence-corrected chi connectivity index (χ1v) is 14.8. The average Bonchev–Trinajstić information content (AvgIpc) is 3.39. The number of anilines is 3. The van der Waals surface area contributed by atoms with Crippen LogP contribution in [0, 0.1) is 5.41 Å². The summed E-state index contributed by atoms with van der Waals surface area (Å²) in [5.41, 5.74) is 9.57. The molecule has 6 rings (SSSR count). The van der Waals surface area contributed by atoms with Crippen LogP contribution in [0.2, 0.25) is 0 Å². The van der Waals surface area contributed by atoms with Gasteiger partial charge in [-0.2, -0.15) is 9.97 Å². The largest absolute Gasteiger partial charge is 0.364 e. The molecule has 3 aromatic rings. The number of rotatable bonds is 6. The van der Waals surface area contributed by atoms with Gasteiger partial charge in [0.1, 0.15) is 5.82 Å². The number of pyridine rings is 1. The van der Waals surface area contributed by atoms with Crippen LogP contribution in [0.4, 0.5) is 17.6 Å². The SMILES string of the molecule is CC(C)n1cnc2c(NCc3cccnc3N3CCC4(CCN(C)CC4)CC3)nc(N3CCC(N)CC3)nc21. The van der Waals surface area contributed by atoms with Gasteiger partial charge in [-0.3, -0.25) is 0 Å². The molecule has 3 aromatic heterocycles. The van der Waals surface area contributed by atoms with E-state index in [2.05, 4.69) is 51.5 Å². The molecule has 10 heteroatoms. The number of piperidine rings is 3. The molecule has 10 nitrogen and oxygen atoms in total. The maximum atomic E-state index is 6.17. The Morgan fingerprint density at radius 2 is 1.69 bits per heavy atom. The summed E-state index contributed by atoms with van der Waals surface area (Å²) in [5.74, 6) is 2.63. The van der Waals surface area contributed by atoms with Gasteiger partial charge in [-0.1, -0.05) is 6.07 Å². The lowest BCUT2D eigenvalue weighted by Crippen LogP contribution is -2.46. The summed E-state index contributed by atoms with van der Waals surface area (Å²) in [6.07, 6.45) is 10.9. The fourth-order valence-electron chi connectivity index (χ4n) is 6.46. The number of nitrogens with two attached hydrogens (primary N) is 1. The Hall–Kier alpha value is -2.98. The molecule has 0 aliphatic carbocycles. The average molecular weight is 533 g/mol. The standard InChI is InChI=1S/C29H44N10/c1-21(2)39-20-33-24-25(34-28(35-27(24)39)38-13-6-23(30)7-14-38)32-19-22-5-4-12-31-26(22)37-17-10-29(11-18-37)8-15-36(3)16-9-29/h4-5,12,20-21,23H,6-11,13-19,30H2,1-3H3,(H,32,34,35). The van der Waals surface area contributed by atoms with E-state index in [9.17, 15) is 0 Å². The highest BCUT2D eigenvalue weighted by molar-refractivity contribution is 5.84. The Kier molecular flexibility index (Phi) is 7.33. The van der Waals surface area contributed by atoms with Crippen molar-refractivity contribution in [2.24, 2.45) is 11.1 Å². The van der Waals surface area contributed by atoms with Gasteiger partial charge in [0.05, 0.1) is 6.33 Å². The Morgan fingerprint density at radius 3 is 2.41 bits per heavy atom. The van der Waals surface area contributed by atoms with E-state index < -0.39 is 0 Å². The molecule has 3 aliphatic rings. The molecule has 0 aromatic carbocycles. The molecular weight excluding hydrogens is 488 g/mol. The fourth-order valence-corrected chi connectivity index (χ4v) is 6.46. The molecule has 0 amide bonds. The van der Waals surface area contributed by atoms with E-state index >= 15 is 0 Å². The summed E-state index contributed by atoms with van der Waals surface area (Å²) < 4.78 is 2.13. The third-order valence-corrected chi connectivity index (χ3v) is 9.27. The van der Waals surface area contributed by atoms with Crippen LogP contribution in [0.3, 0.4) is 0 Å². The van der Waals surface area contributed by atoms with E-state index in [0.717, 1.165) is 67.8 Å². The Labute approximate surface area is 232 Å². The van der Waals surface area contributed by atoms with Crippen molar-refractivity contribution in [1.82, 2.24) is 29.4 Å². The fraction of sp³-hybridized carbons (Fsp3) is 0.655. The zero-order valence-electron chi connectivity index (χ0n) is 23.8. The van der Waals surface area contributed by atoms with Crippen LogP contribution in [-0.2, 0) is 6.54 Å². The summed E-state index contributed by atoms with van der Waals surface area (Å²) in [6.45, 7) is 11.3. The first-order chi connectivity index (χ1) is 18.9. The summed E-state index contributed by atoms with van der Waals surface area (Å²) in [5, 5.41) is 3.64. The maximum absolute atomic E-state index is 6.17. The zero-order valence-corrected chi connectivity index (χ0v) is 23.8. The van der Waals surface area contributed by atoms with Gasteiger partial charge in [0.2, 0.25) is 5.95 Å². The highest BCUT2D eigenvalue weighted by Gasteiger charge is 2.37. The van der Waals surface area contributed by atoms with Crippen molar-refractivity contribution in [3.05, 3.63) is 30.2 Å². The normalized spacial score (nSPS) is 20.8. The van der Waals surface area contributed by atoms with Gasteiger partial charge >= 0.3 is 0 Å². The van der Waals surface area contributed by atoms with E-state index in [1.54, 1.807) is 0 Å². The molecular formula is C29H44N10. The molecule has 3 N–H and O–H groups in total. The lowest BCUT2D eigenvalue weighted by molar-refractivity contribution is 0.0943. The lowest BCUT2D eigenvalue weighted by Gasteiger charge is -2.46. The summed E-state index contributed by atoms with van der Waals surface area (Å²) >= 11 is 0. The van der Waals surface area contributed by atoms with Crippen LogP contribution in [-0.4, -0.2) is 81.8 Å². The minimum Gasteiger partial charge on any atom is -0.364 e. The number of imidazole rings is 1. The molecule has 0 atom stereocenters. The van der Waals surface area contributed by atoms with Gasteiger partial charge in [-0.15, -0.1) is 0 Å². The topological polar surface area (TPSA) is 104 Å². The highest BCUT2D eigenvalue weighted by Crippen LogP contribution is 2.42. The van der Waals surface area contributed by atoms with Crippen molar-refractivity contribution in [2.75, 3.05) is 61.4 Å². The molecule has 39 heavy (non-hydrogen) atoms. The number of fused-ring (bicyclic) bond motifs is 1. The van der Waals surface area contributed by atoms with E-state index in [-0.39, 0.29) is 12.1 Å². The van der Waals surface area contributed by atoms with Crippen LogP contribution >= 0.6 is 0 Å².